The predicted molar refractivity (Wildman–Crippen MR) is 101 cm³/mol. The van der Waals surface area contributed by atoms with Crippen molar-refractivity contribution in [3.05, 3.63) is 0 Å². The largest absolute Gasteiger partial charge is 0.316 e. The molecule has 0 radical (unpaired) electrons. The summed E-state index contributed by atoms with van der Waals surface area (Å²) in [6.07, 6.45) is 15.7. The van der Waals surface area contributed by atoms with Crippen molar-refractivity contribution >= 4 is 11.8 Å². The molecule has 0 spiro atoms. The Kier molecular flexibility index (Phi) is 16.9. The van der Waals surface area contributed by atoms with Gasteiger partial charge in [-0.2, -0.15) is 11.8 Å². The molecule has 0 bridgehead atoms. The van der Waals surface area contributed by atoms with Crippen LogP contribution >= 0.6 is 11.8 Å². The van der Waals surface area contributed by atoms with Crippen molar-refractivity contribution in [3.8, 4) is 0 Å². The Morgan fingerprint density at radius 1 is 0.762 bits per heavy atom. The van der Waals surface area contributed by atoms with Gasteiger partial charge in [0.1, 0.15) is 0 Å². The van der Waals surface area contributed by atoms with Gasteiger partial charge in [0, 0.05) is 11.8 Å². The molecule has 0 fully saturated rings. The highest BCUT2D eigenvalue weighted by Gasteiger charge is 2.06. The number of hydrogen-bond donors (Lipinski definition) is 1. The van der Waals surface area contributed by atoms with Crippen LogP contribution in [0.1, 0.15) is 91.4 Å². The van der Waals surface area contributed by atoms with E-state index in [2.05, 4.69) is 44.9 Å². The van der Waals surface area contributed by atoms with Gasteiger partial charge >= 0.3 is 0 Å². The molecule has 0 aromatic carbocycles. The van der Waals surface area contributed by atoms with E-state index in [0.717, 1.165) is 12.0 Å². The number of unbranched alkanes of at least 4 members (excludes halogenated alkanes) is 9. The first-order chi connectivity index (χ1) is 10.2. The SMILES string of the molecule is CCCCCCCCCCCCC(CSCC(C)C)NC. The average molecular weight is 316 g/mol. The minimum atomic E-state index is 0.725. The van der Waals surface area contributed by atoms with Gasteiger partial charge in [-0.05, 0) is 25.1 Å². The van der Waals surface area contributed by atoms with Crippen LogP contribution in [0.15, 0.2) is 0 Å². The van der Waals surface area contributed by atoms with E-state index >= 15 is 0 Å². The molecule has 1 N–H and O–H groups in total. The number of hydrogen-bond acceptors (Lipinski definition) is 2. The number of thioether (sulfide) groups is 1. The second-order valence-electron chi connectivity index (χ2n) is 6.89. The fraction of sp³-hybridized carbons (Fsp3) is 1.00. The molecule has 0 aliphatic rings. The summed E-state index contributed by atoms with van der Waals surface area (Å²) in [6.45, 7) is 6.91. The van der Waals surface area contributed by atoms with Crippen LogP contribution in [0.25, 0.3) is 0 Å². The first kappa shape index (κ1) is 21.3. The van der Waals surface area contributed by atoms with Crippen molar-refractivity contribution in [1.82, 2.24) is 5.32 Å². The van der Waals surface area contributed by atoms with Crippen molar-refractivity contribution in [1.29, 1.82) is 0 Å². The highest BCUT2D eigenvalue weighted by molar-refractivity contribution is 7.99. The van der Waals surface area contributed by atoms with Crippen LogP contribution in [0.2, 0.25) is 0 Å². The molecule has 0 rings (SSSR count). The summed E-state index contributed by atoms with van der Waals surface area (Å²) in [5.41, 5.74) is 0. The van der Waals surface area contributed by atoms with Gasteiger partial charge in [-0.1, -0.05) is 85.0 Å². The van der Waals surface area contributed by atoms with Gasteiger partial charge in [-0.15, -0.1) is 0 Å². The smallest absolute Gasteiger partial charge is 0.0155 e. The zero-order valence-electron chi connectivity index (χ0n) is 15.3. The summed E-state index contributed by atoms with van der Waals surface area (Å²) >= 11 is 2.11. The van der Waals surface area contributed by atoms with Gasteiger partial charge in [0.05, 0.1) is 0 Å². The average Bonchev–Trinajstić information content (AvgIpc) is 2.47. The van der Waals surface area contributed by atoms with Gasteiger partial charge in [0.2, 0.25) is 0 Å². The Bertz CT molecular complexity index is 194. The van der Waals surface area contributed by atoms with Crippen molar-refractivity contribution in [2.45, 2.75) is 97.4 Å². The third-order valence-corrected chi connectivity index (χ3v) is 5.63. The van der Waals surface area contributed by atoms with E-state index in [4.69, 9.17) is 0 Å². The molecule has 128 valence electrons. The molecule has 0 aromatic rings. The van der Waals surface area contributed by atoms with Crippen LogP contribution in [0, 0.1) is 5.92 Å². The van der Waals surface area contributed by atoms with Gasteiger partial charge in [0.25, 0.3) is 0 Å². The highest BCUT2D eigenvalue weighted by Crippen LogP contribution is 2.15. The van der Waals surface area contributed by atoms with E-state index in [9.17, 15) is 0 Å². The second kappa shape index (κ2) is 16.7. The van der Waals surface area contributed by atoms with Crippen molar-refractivity contribution in [2.24, 2.45) is 5.92 Å². The lowest BCUT2D eigenvalue weighted by Crippen LogP contribution is -2.27. The summed E-state index contributed by atoms with van der Waals surface area (Å²) in [7, 11) is 2.12. The minimum absolute atomic E-state index is 0.725. The lowest BCUT2D eigenvalue weighted by atomic mass is 10.0. The Hall–Kier alpha value is 0.310. The Balaban J connectivity index is 3.27. The van der Waals surface area contributed by atoms with Gasteiger partial charge in [-0.25, -0.2) is 0 Å². The van der Waals surface area contributed by atoms with E-state index in [0.29, 0.717) is 0 Å². The molecule has 0 aliphatic heterocycles. The third-order valence-electron chi connectivity index (χ3n) is 4.08. The van der Waals surface area contributed by atoms with E-state index in [1.54, 1.807) is 0 Å². The van der Waals surface area contributed by atoms with Crippen molar-refractivity contribution in [2.75, 3.05) is 18.6 Å². The third kappa shape index (κ3) is 16.5. The Labute approximate surface area is 139 Å². The first-order valence-electron chi connectivity index (χ1n) is 9.45. The molecule has 0 saturated heterocycles. The lowest BCUT2D eigenvalue weighted by molar-refractivity contribution is 0.506. The standard InChI is InChI=1S/C19H41NS/c1-5-6-7-8-9-10-11-12-13-14-15-19(20-4)17-21-16-18(2)3/h18-20H,5-17H2,1-4H3. The zero-order valence-corrected chi connectivity index (χ0v) is 16.1. The molecular formula is C19H41NS. The van der Waals surface area contributed by atoms with Crippen molar-refractivity contribution in [3.63, 3.8) is 0 Å². The van der Waals surface area contributed by atoms with E-state index in [-0.39, 0.29) is 0 Å². The fourth-order valence-electron chi connectivity index (χ4n) is 2.64. The number of rotatable bonds is 16. The van der Waals surface area contributed by atoms with Gasteiger partial charge in [-0.3, -0.25) is 0 Å². The maximum absolute atomic E-state index is 3.49. The topological polar surface area (TPSA) is 12.0 Å². The predicted octanol–water partition coefficient (Wildman–Crippen LogP) is 6.27. The maximum Gasteiger partial charge on any atom is 0.0155 e. The Morgan fingerprint density at radius 2 is 1.29 bits per heavy atom. The molecule has 0 aliphatic carbocycles. The zero-order chi connectivity index (χ0) is 15.8. The lowest BCUT2D eigenvalue weighted by Gasteiger charge is -2.16. The van der Waals surface area contributed by atoms with Crippen LogP contribution < -0.4 is 5.32 Å². The molecule has 2 heteroatoms. The summed E-state index contributed by atoms with van der Waals surface area (Å²) in [6, 6.07) is 0.725. The van der Waals surface area contributed by atoms with Crippen molar-refractivity contribution < 1.29 is 0 Å². The maximum atomic E-state index is 3.49. The van der Waals surface area contributed by atoms with E-state index < -0.39 is 0 Å². The Morgan fingerprint density at radius 3 is 1.76 bits per heavy atom. The second-order valence-corrected chi connectivity index (χ2v) is 7.96. The van der Waals surface area contributed by atoms with Gasteiger partial charge < -0.3 is 5.32 Å². The van der Waals surface area contributed by atoms with Crippen LogP contribution in [0.4, 0.5) is 0 Å². The summed E-state index contributed by atoms with van der Waals surface area (Å²) < 4.78 is 0. The van der Waals surface area contributed by atoms with Crippen LogP contribution in [0.3, 0.4) is 0 Å². The van der Waals surface area contributed by atoms with E-state index in [1.807, 2.05) is 0 Å². The monoisotopic (exact) mass is 315 g/mol. The summed E-state index contributed by atoms with van der Waals surface area (Å²) in [4.78, 5) is 0. The molecule has 0 amide bonds. The molecular weight excluding hydrogens is 274 g/mol. The first-order valence-corrected chi connectivity index (χ1v) is 10.6. The molecule has 0 aromatic heterocycles. The normalized spacial score (nSPS) is 13.0. The number of nitrogens with one attached hydrogen (secondary N) is 1. The minimum Gasteiger partial charge on any atom is -0.316 e. The molecule has 1 unspecified atom stereocenters. The fourth-order valence-corrected chi connectivity index (χ4v) is 3.86. The summed E-state index contributed by atoms with van der Waals surface area (Å²) in [5, 5.41) is 3.49. The summed E-state index contributed by atoms with van der Waals surface area (Å²) in [5.74, 6) is 3.41. The molecule has 1 nitrogen and oxygen atoms in total. The molecule has 0 heterocycles. The van der Waals surface area contributed by atoms with E-state index in [1.165, 1.54) is 82.1 Å². The highest BCUT2D eigenvalue weighted by atomic mass is 32.2. The quantitative estimate of drug-likeness (QED) is 0.337. The van der Waals surface area contributed by atoms with Crippen LogP contribution in [0.5, 0.6) is 0 Å². The van der Waals surface area contributed by atoms with Crippen LogP contribution in [-0.4, -0.2) is 24.6 Å². The molecule has 1 atom stereocenters. The molecule has 21 heavy (non-hydrogen) atoms. The van der Waals surface area contributed by atoms with Crippen LogP contribution in [-0.2, 0) is 0 Å². The molecule has 0 saturated carbocycles. The van der Waals surface area contributed by atoms with Gasteiger partial charge in [0.15, 0.2) is 0 Å².